The van der Waals surface area contributed by atoms with Gasteiger partial charge in [0.1, 0.15) is 0 Å². The molecule has 0 atom stereocenters. The molecule has 1 heterocycles. The summed E-state index contributed by atoms with van der Waals surface area (Å²) < 4.78 is 0. The highest BCUT2D eigenvalue weighted by molar-refractivity contribution is 5.89. The number of rotatable bonds is 6. The molecule has 0 bridgehead atoms. The monoisotopic (exact) mass is 265 g/mol. The molecule has 6 nitrogen and oxygen atoms in total. The highest BCUT2D eigenvalue weighted by Crippen LogP contribution is 2.13. The van der Waals surface area contributed by atoms with Crippen LogP contribution in [0.2, 0.25) is 0 Å². The number of carboxylic acid groups (broad SMARTS) is 1. The Morgan fingerprint density at radius 1 is 1.42 bits per heavy atom. The Hall–Kier alpha value is -1.95. The Morgan fingerprint density at radius 3 is 2.63 bits per heavy atom. The molecule has 0 spiro atoms. The summed E-state index contributed by atoms with van der Waals surface area (Å²) in [6, 6.07) is 1.50. The first-order valence-corrected chi connectivity index (χ1v) is 6.08. The SMILES string of the molecule is CCc1c(C(=O)O)ccnc1CNCC(=O)N(C)C. The average molecular weight is 265 g/mol. The van der Waals surface area contributed by atoms with Gasteiger partial charge in [-0.25, -0.2) is 4.79 Å². The first-order chi connectivity index (χ1) is 8.97. The number of nitrogens with zero attached hydrogens (tertiary/aromatic N) is 2. The van der Waals surface area contributed by atoms with Gasteiger partial charge in [0, 0.05) is 26.8 Å². The first kappa shape index (κ1) is 15.1. The predicted molar refractivity (Wildman–Crippen MR) is 71.0 cm³/mol. The van der Waals surface area contributed by atoms with Gasteiger partial charge in [0.05, 0.1) is 17.8 Å². The number of amides is 1. The average Bonchev–Trinajstić information content (AvgIpc) is 2.37. The number of aromatic carboxylic acids is 1. The molecule has 0 radical (unpaired) electrons. The molecule has 0 aliphatic rings. The minimum atomic E-state index is -0.954. The van der Waals surface area contributed by atoms with E-state index in [4.69, 9.17) is 5.11 Å². The summed E-state index contributed by atoms with van der Waals surface area (Å²) in [5, 5.41) is 12.1. The summed E-state index contributed by atoms with van der Waals surface area (Å²) in [6.45, 7) is 2.47. The molecule has 0 aliphatic heterocycles. The van der Waals surface area contributed by atoms with Crippen molar-refractivity contribution in [1.82, 2.24) is 15.2 Å². The van der Waals surface area contributed by atoms with Crippen LogP contribution in [0.25, 0.3) is 0 Å². The predicted octanol–water partition coefficient (Wildman–Crippen LogP) is 0.520. The Morgan fingerprint density at radius 2 is 2.11 bits per heavy atom. The summed E-state index contributed by atoms with van der Waals surface area (Å²) in [4.78, 5) is 28.2. The fourth-order valence-electron chi connectivity index (χ4n) is 1.73. The summed E-state index contributed by atoms with van der Waals surface area (Å²) in [5.41, 5.74) is 1.65. The van der Waals surface area contributed by atoms with E-state index < -0.39 is 5.97 Å². The van der Waals surface area contributed by atoms with Crippen molar-refractivity contribution in [3.05, 3.63) is 29.1 Å². The van der Waals surface area contributed by atoms with Crippen molar-refractivity contribution in [2.75, 3.05) is 20.6 Å². The summed E-state index contributed by atoms with van der Waals surface area (Å²) >= 11 is 0. The molecule has 0 fully saturated rings. The van der Waals surface area contributed by atoms with Gasteiger partial charge in [-0.3, -0.25) is 9.78 Å². The first-order valence-electron chi connectivity index (χ1n) is 6.08. The third-order valence-electron chi connectivity index (χ3n) is 2.80. The standard InChI is InChI=1S/C13H19N3O3/c1-4-9-10(13(18)19)5-6-15-11(9)7-14-8-12(17)16(2)3/h5-6,14H,4,7-8H2,1-3H3,(H,18,19). The molecule has 0 aromatic carbocycles. The van der Waals surface area contributed by atoms with Crippen LogP contribution in [0, 0.1) is 0 Å². The lowest BCUT2D eigenvalue weighted by Gasteiger charge is -2.13. The molecule has 19 heavy (non-hydrogen) atoms. The molecule has 1 aromatic heterocycles. The molecular weight excluding hydrogens is 246 g/mol. The third kappa shape index (κ3) is 4.03. The second-order valence-electron chi connectivity index (χ2n) is 4.33. The number of hydrogen-bond donors (Lipinski definition) is 2. The maximum Gasteiger partial charge on any atom is 0.336 e. The number of likely N-dealkylation sites (N-methyl/N-ethyl adjacent to an activating group) is 1. The molecule has 1 aromatic rings. The molecule has 6 heteroatoms. The Balaban J connectivity index is 2.76. The zero-order valence-corrected chi connectivity index (χ0v) is 11.4. The fraction of sp³-hybridized carbons (Fsp3) is 0.462. The molecule has 0 aliphatic carbocycles. The third-order valence-corrected chi connectivity index (χ3v) is 2.80. The van der Waals surface area contributed by atoms with Crippen molar-refractivity contribution < 1.29 is 14.7 Å². The Bertz CT molecular complexity index is 472. The number of carbonyl (C=O) groups excluding carboxylic acids is 1. The van der Waals surface area contributed by atoms with Crippen LogP contribution in [-0.2, 0) is 17.8 Å². The minimum Gasteiger partial charge on any atom is -0.478 e. The van der Waals surface area contributed by atoms with E-state index in [1.165, 1.54) is 17.2 Å². The van der Waals surface area contributed by atoms with Gasteiger partial charge in [0.2, 0.25) is 5.91 Å². The molecule has 0 unspecified atom stereocenters. The number of hydrogen-bond acceptors (Lipinski definition) is 4. The van der Waals surface area contributed by atoms with Crippen molar-refractivity contribution in [3.63, 3.8) is 0 Å². The lowest BCUT2D eigenvalue weighted by atomic mass is 10.0. The lowest BCUT2D eigenvalue weighted by Crippen LogP contribution is -2.33. The Labute approximate surface area is 112 Å². The second kappa shape index (κ2) is 6.84. The van der Waals surface area contributed by atoms with Gasteiger partial charge in [0.15, 0.2) is 0 Å². The van der Waals surface area contributed by atoms with E-state index >= 15 is 0 Å². The van der Waals surface area contributed by atoms with Crippen molar-refractivity contribution in [2.45, 2.75) is 19.9 Å². The van der Waals surface area contributed by atoms with Gasteiger partial charge in [0.25, 0.3) is 0 Å². The summed E-state index contributed by atoms with van der Waals surface area (Å²) in [6.07, 6.45) is 2.07. The maximum absolute atomic E-state index is 11.4. The van der Waals surface area contributed by atoms with Gasteiger partial charge in [-0.2, -0.15) is 0 Å². The van der Waals surface area contributed by atoms with Crippen LogP contribution in [0.1, 0.15) is 28.5 Å². The normalized spacial score (nSPS) is 10.3. The molecule has 1 amide bonds. The van der Waals surface area contributed by atoms with Crippen molar-refractivity contribution in [2.24, 2.45) is 0 Å². The van der Waals surface area contributed by atoms with E-state index in [2.05, 4.69) is 10.3 Å². The number of aromatic nitrogens is 1. The molecule has 104 valence electrons. The van der Waals surface area contributed by atoms with Crippen LogP contribution in [0.5, 0.6) is 0 Å². The van der Waals surface area contributed by atoms with Gasteiger partial charge >= 0.3 is 5.97 Å². The van der Waals surface area contributed by atoms with Crippen LogP contribution in [0.3, 0.4) is 0 Å². The highest BCUT2D eigenvalue weighted by Gasteiger charge is 2.13. The fourth-order valence-corrected chi connectivity index (χ4v) is 1.73. The van der Waals surface area contributed by atoms with Crippen molar-refractivity contribution >= 4 is 11.9 Å². The van der Waals surface area contributed by atoms with Gasteiger partial charge in [-0.15, -0.1) is 0 Å². The van der Waals surface area contributed by atoms with Gasteiger partial charge in [-0.05, 0) is 18.1 Å². The topological polar surface area (TPSA) is 82.5 Å². The minimum absolute atomic E-state index is 0.0348. The zero-order chi connectivity index (χ0) is 14.4. The van der Waals surface area contributed by atoms with E-state index in [9.17, 15) is 9.59 Å². The van der Waals surface area contributed by atoms with Crippen LogP contribution in [0.4, 0.5) is 0 Å². The van der Waals surface area contributed by atoms with Gasteiger partial charge in [-0.1, -0.05) is 6.92 Å². The quantitative estimate of drug-likeness (QED) is 0.783. The maximum atomic E-state index is 11.4. The van der Waals surface area contributed by atoms with Gasteiger partial charge < -0.3 is 15.3 Å². The molecule has 0 saturated heterocycles. The summed E-state index contributed by atoms with van der Waals surface area (Å²) in [5.74, 6) is -0.989. The van der Waals surface area contributed by atoms with E-state index in [1.807, 2.05) is 6.92 Å². The van der Waals surface area contributed by atoms with Crippen LogP contribution >= 0.6 is 0 Å². The number of nitrogens with one attached hydrogen (secondary N) is 1. The number of pyridine rings is 1. The number of carbonyl (C=O) groups is 2. The van der Waals surface area contributed by atoms with Crippen molar-refractivity contribution in [3.8, 4) is 0 Å². The molecule has 0 saturated carbocycles. The lowest BCUT2D eigenvalue weighted by molar-refractivity contribution is -0.127. The van der Waals surface area contributed by atoms with Crippen LogP contribution in [0.15, 0.2) is 12.3 Å². The van der Waals surface area contributed by atoms with E-state index in [0.717, 1.165) is 0 Å². The molecule has 2 N–H and O–H groups in total. The van der Waals surface area contributed by atoms with E-state index in [1.54, 1.807) is 14.1 Å². The number of carboxylic acids is 1. The van der Waals surface area contributed by atoms with E-state index in [-0.39, 0.29) is 18.0 Å². The zero-order valence-electron chi connectivity index (χ0n) is 11.4. The van der Waals surface area contributed by atoms with Crippen LogP contribution in [-0.4, -0.2) is 47.5 Å². The smallest absolute Gasteiger partial charge is 0.336 e. The summed E-state index contributed by atoms with van der Waals surface area (Å²) in [7, 11) is 3.37. The second-order valence-corrected chi connectivity index (χ2v) is 4.33. The van der Waals surface area contributed by atoms with Crippen molar-refractivity contribution in [1.29, 1.82) is 0 Å². The molecular formula is C13H19N3O3. The largest absolute Gasteiger partial charge is 0.478 e. The highest BCUT2D eigenvalue weighted by atomic mass is 16.4. The van der Waals surface area contributed by atoms with E-state index in [0.29, 0.717) is 24.2 Å². The molecule has 1 rings (SSSR count). The Kier molecular flexibility index (Phi) is 5.44. The van der Waals surface area contributed by atoms with Crippen LogP contribution < -0.4 is 5.32 Å².